The van der Waals surface area contributed by atoms with Crippen molar-refractivity contribution >= 4 is 52.4 Å². The first-order valence-electron chi connectivity index (χ1n) is 5.61. The lowest BCUT2D eigenvalue weighted by Crippen LogP contribution is -2.06. The fourth-order valence-corrected chi connectivity index (χ4v) is 3.32. The van der Waals surface area contributed by atoms with E-state index in [0.29, 0.717) is 5.56 Å². The van der Waals surface area contributed by atoms with Crippen LogP contribution in [-0.4, -0.2) is 10.5 Å². The lowest BCUT2D eigenvalue weighted by atomic mass is 10.0. The Morgan fingerprint density at radius 1 is 1.10 bits per heavy atom. The number of halogens is 4. The van der Waals surface area contributed by atoms with Crippen LogP contribution in [0.15, 0.2) is 18.3 Å². The largest absolute Gasteiger partial charge is 0.447 e. The highest BCUT2D eigenvalue weighted by atomic mass is 35.5. The molecule has 3 nitrogen and oxygen atoms in total. The first-order chi connectivity index (χ1) is 9.43. The molecule has 1 aliphatic heterocycles. The Morgan fingerprint density at radius 2 is 1.75 bits per heavy atom. The number of esters is 1. The maximum absolute atomic E-state index is 12.0. The number of aromatic nitrogens is 1. The minimum atomic E-state index is -0.641. The monoisotopic (exact) mass is 349 g/mol. The van der Waals surface area contributed by atoms with Crippen molar-refractivity contribution in [2.45, 2.75) is 6.10 Å². The number of ether oxygens (including phenoxy) is 1. The first kappa shape index (κ1) is 14.1. The molecule has 0 aliphatic carbocycles. The van der Waals surface area contributed by atoms with Crippen molar-refractivity contribution in [1.82, 2.24) is 4.57 Å². The number of carbonyl (C=O) groups is 1. The molecule has 0 spiro atoms. The Balaban J connectivity index is 2.31. The minimum absolute atomic E-state index is 0.0570. The third-order valence-corrected chi connectivity index (χ3v) is 5.06. The number of hydrogen-bond donors (Lipinski definition) is 0. The van der Waals surface area contributed by atoms with Gasteiger partial charge in [-0.2, -0.15) is 0 Å². The van der Waals surface area contributed by atoms with Crippen molar-refractivity contribution in [3.63, 3.8) is 0 Å². The third-order valence-electron chi connectivity index (χ3n) is 3.25. The summed E-state index contributed by atoms with van der Waals surface area (Å²) in [5, 5.41) is 0.432. The Hall–Kier alpha value is -0.870. The molecule has 0 saturated carbocycles. The fourth-order valence-electron chi connectivity index (χ4n) is 2.27. The van der Waals surface area contributed by atoms with Crippen LogP contribution in [0.25, 0.3) is 0 Å². The highest BCUT2D eigenvalue weighted by Crippen LogP contribution is 2.49. The summed E-state index contributed by atoms with van der Waals surface area (Å²) in [6.07, 6.45) is 1.20. The summed E-state index contributed by atoms with van der Waals surface area (Å²) in [6, 6.07) is 3.67. The van der Waals surface area contributed by atoms with Crippen LogP contribution in [-0.2, 0) is 11.8 Å². The summed E-state index contributed by atoms with van der Waals surface area (Å²) in [6.45, 7) is 0. The van der Waals surface area contributed by atoms with Gasteiger partial charge in [-0.1, -0.05) is 46.4 Å². The second kappa shape index (κ2) is 4.85. The van der Waals surface area contributed by atoms with E-state index < -0.39 is 12.1 Å². The second-order valence-electron chi connectivity index (χ2n) is 4.37. The Morgan fingerprint density at radius 3 is 2.35 bits per heavy atom. The number of nitrogens with zero attached hydrogens (tertiary/aromatic N) is 1. The van der Waals surface area contributed by atoms with Crippen LogP contribution in [0.2, 0.25) is 20.1 Å². The topological polar surface area (TPSA) is 31.2 Å². The van der Waals surface area contributed by atoms with Gasteiger partial charge in [0.15, 0.2) is 6.10 Å². The molecule has 7 heteroatoms. The quantitative estimate of drug-likeness (QED) is 0.416. The zero-order chi connectivity index (χ0) is 14.6. The molecular formula is C13H7Cl4NO2. The van der Waals surface area contributed by atoms with Gasteiger partial charge < -0.3 is 9.30 Å². The average Bonchev–Trinajstić information content (AvgIpc) is 2.97. The summed E-state index contributed by atoms with van der Waals surface area (Å²) in [5.41, 5.74) is 1.41. The first-order valence-corrected chi connectivity index (χ1v) is 7.12. The number of cyclic esters (lactones) is 1. The molecule has 0 fully saturated rings. The van der Waals surface area contributed by atoms with Gasteiger partial charge in [-0.3, -0.25) is 0 Å². The normalized spacial score (nSPS) is 17.2. The predicted molar refractivity (Wildman–Crippen MR) is 79.2 cm³/mol. The van der Waals surface area contributed by atoms with Gasteiger partial charge in [0.2, 0.25) is 0 Å². The number of aryl methyl sites for hydroxylation is 1. The van der Waals surface area contributed by atoms with Crippen LogP contribution in [0.1, 0.15) is 27.7 Å². The van der Waals surface area contributed by atoms with Gasteiger partial charge in [0.05, 0.1) is 31.3 Å². The summed E-state index contributed by atoms with van der Waals surface area (Å²) in [7, 11) is 1.84. The van der Waals surface area contributed by atoms with Crippen molar-refractivity contribution in [1.29, 1.82) is 0 Å². The van der Waals surface area contributed by atoms with Gasteiger partial charge >= 0.3 is 5.97 Å². The van der Waals surface area contributed by atoms with Gasteiger partial charge in [-0.15, -0.1) is 0 Å². The summed E-state index contributed by atoms with van der Waals surface area (Å²) < 4.78 is 7.22. The van der Waals surface area contributed by atoms with E-state index in [1.807, 2.05) is 29.9 Å². The molecule has 1 aliphatic rings. The maximum atomic E-state index is 12.0. The molecule has 1 unspecified atom stereocenters. The number of benzene rings is 1. The molecule has 1 aromatic carbocycles. The number of carbonyl (C=O) groups excluding carboxylic acids is 1. The summed E-state index contributed by atoms with van der Waals surface area (Å²) in [4.78, 5) is 12.0. The van der Waals surface area contributed by atoms with Gasteiger partial charge in [-0.05, 0) is 12.1 Å². The van der Waals surface area contributed by atoms with E-state index in [1.54, 1.807) is 0 Å². The van der Waals surface area contributed by atoms with Gasteiger partial charge in [-0.25, -0.2) is 4.79 Å². The highest BCUT2D eigenvalue weighted by Gasteiger charge is 2.39. The molecule has 0 amide bonds. The zero-order valence-electron chi connectivity index (χ0n) is 10.1. The van der Waals surface area contributed by atoms with E-state index in [2.05, 4.69) is 0 Å². The van der Waals surface area contributed by atoms with Crippen LogP contribution < -0.4 is 0 Å². The molecule has 2 aromatic rings. The molecule has 1 aromatic heterocycles. The Kier molecular flexibility index (Phi) is 3.41. The molecule has 3 rings (SSSR count). The maximum Gasteiger partial charge on any atom is 0.341 e. The number of hydrogen-bond acceptors (Lipinski definition) is 2. The fraction of sp³-hybridized carbons (Fsp3) is 0.154. The smallest absolute Gasteiger partial charge is 0.341 e. The second-order valence-corrected chi connectivity index (χ2v) is 5.89. The van der Waals surface area contributed by atoms with E-state index in [1.165, 1.54) is 0 Å². The van der Waals surface area contributed by atoms with Gasteiger partial charge in [0.25, 0.3) is 0 Å². The van der Waals surface area contributed by atoms with Gasteiger partial charge in [0.1, 0.15) is 0 Å². The van der Waals surface area contributed by atoms with E-state index in [4.69, 9.17) is 51.1 Å². The lowest BCUT2D eigenvalue weighted by molar-refractivity contribution is 0.0446. The molecule has 0 bridgehead atoms. The standard InChI is InChI=1S/C13H7Cl4NO2/c1-18-4-2-3-5(18)12-6-7(13(19)20-12)9(15)11(17)10(16)8(6)14/h2-4,12H,1H3. The minimum Gasteiger partial charge on any atom is -0.447 e. The Bertz CT molecular complexity index is 738. The third kappa shape index (κ3) is 1.85. The van der Waals surface area contributed by atoms with E-state index >= 15 is 0 Å². The van der Waals surface area contributed by atoms with Gasteiger partial charge in [0, 0.05) is 18.8 Å². The van der Waals surface area contributed by atoms with E-state index in [9.17, 15) is 4.79 Å². The zero-order valence-corrected chi connectivity index (χ0v) is 13.1. The predicted octanol–water partition coefficient (Wildman–Crippen LogP) is 4.90. The van der Waals surface area contributed by atoms with Crippen LogP contribution in [0.5, 0.6) is 0 Å². The number of rotatable bonds is 1. The summed E-state index contributed by atoms with van der Waals surface area (Å²) in [5.74, 6) is -0.559. The van der Waals surface area contributed by atoms with Crippen molar-refractivity contribution < 1.29 is 9.53 Å². The molecule has 0 saturated heterocycles. The average molecular weight is 351 g/mol. The van der Waals surface area contributed by atoms with E-state index in [-0.39, 0.29) is 25.7 Å². The van der Waals surface area contributed by atoms with Crippen molar-refractivity contribution in [3.8, 4) is 0 Å². The molecule has 20 heavy (non-hydrogen) atoms. The Labute approximate surface area is 134 Å². The molecular weight excluding hydrogens is 344 g/mol. The highest BCUT2D eigenvalue weighted by molar-refractivity contribution is 6.53. The molecule has 1 atom stereocenters. The molecule has 104 valence electrons. The SMILES string of the molecule is Cn1cccc1C1OC(=O)c2c(Cl)c(Cl)c(Cl)c(Cl)c21. The molecule has 0 N–H and O–H groups in total. The number of fused-ring (bicyclic) bond motifs is 1. The summed E-state index contributed by atoms with van der Waals surface area (Å²) >= 11 is 24.4. The molecule has 0 radical (unpaired) electrons. The van der Waals surface area contributed by atoms with Crippen LogP contribution in [0.4, 0.5) is 0 Å². The van der Waals surface area contributed by atoms with Crippen molar-refractivity contribution in [2.24, 2.45) is 7.05 Å². The van der Waals surface area contributed by atoms with Crippen molar-refractivity contribution in [2.75, 3.05) is 0 Å². The lowest BCUT2D eigenvalue weighted by Gasteiger charge is -2.14. The van der Waals surface area contributed by atoms with Crippen LogP contribution in [0, 0.1) is 0 Å². The van der Waals surface area contributed by atoms with Crippen LogP contribution >= 0.6 is 46.4 Å². The van der Waals surface area contributed by atoms with Crippen molar-refractivity contribution in [3.05, 3.63) is 55.2 Å². The molecule has 2 heterocycles. The van der Waals surface area contributed by atoms with Crippen LogP contribution in [0.3, 0.4) is 0 Å². The van der Waals surface area contributed by atoms with E-state index in [0.717, 1.165) is 5.69 Å².